The highest BCUT2D eigenvalue weighted by atomic mass is 35.5. The minimum atomic E-state index is -0.0421. The number of benzene rings is 2. The molecule has 0 saturated heterocycles. The largest absolute Gasteiger partial charge is 0.337 e. The predicted molar refractivity (Wildman–Crippen MR) is 135 cm³/mol. The molecule has 0 N–H and O–H groups in total. The van der Waals surface area contributed by atoms with Crippen LogP contribution in [0, 0.1) is 6.92 Å². The summed E-state index contributed by atoms with van der Waals surface area (Å²) in [5, 5.41) is 1.88. The van der Waals surface area contributed by atoms with Crippen LogP contribution in [0.5, 0.6) is 0 Å². The Hall–Kier alpha value is -2.35. The summed E-state index contributed by atoms with van der Waals surface area (Å²) in [7, 11) is 0. The molecule has 4 aromatic rings. The smallest absolute Gasteiger partial charge is 0.260 e. The lowest BCUT2D eigenvalue weighted by Crippen LogP contribution is -2.32. The van der Waals surface area contributed by atoms with E-state index in [-0.39, 0.29) is 5.91 Å². The summed E-state index contributed by atoms with van der Waals surface area (Å²) in [4.78, 5) is 25.4. The third-order valence-electron chi connectivity index (χ3n) is 5.04. The number of halogens is 1. The SMILES string of the molecule is Cc1c(Cl)ccc2sc(N(CCCn3ccnc3)C(=O)c3ccc(SC(C)C)cc3)nc12. The van der Waals surface area contributed by atoms with Crippen molar-refractivity contribution < 1.29 is 4.79 Å². The summed E-state index contributed by atoms with van der Waals surface area (Å²) in [6.07, 6.45) is 6.28. The molecule has 1 amide bonds. The number of aryl methyl sites for hydroxylation is 2. The Bertz CT molecular complexity index is 1200. The van der Waals surface area contributed by atoms with Crippen LogP contribution in [0.3, 0.4) is 0 Å². The van der Waals surface area contributed by atoms with E-state index >= 15 is 0 Å². The van der Waals surface area contributed by atoms with Crippen LogP contribution in [-0.4, -0.2) is 32.2 Å². The van der Waals surface area contributed by atoms with Crippen LogP contribution >= 0.6 is 34.7 Å². The average molecular weight is 485 g/mol. The molecule has 2 aromatic heterocycles. The molecule has 0 aliphatic rings. The third kappa shape index (κ3) is 5.17. The first kappa shape index (κ1) is 22.8. The van der Waals surface area contributed by atoms with Crippen molar-refractivity contribution in [3.05, 3.63) is 71.3 Å². The van der Waals surface area contributed by atoms with Gasteiger partial charge in [-0.3, -0.25) is 9.69 Å². The molecule has 2 heterocycles. The summed E-state index contributed by atoms with van der Waals surface area (Å²) in [6, 6.07) is 11.7. The van der Waals surface area contributed by atoms with E-state index in [2.05, 4.69) is 18.8 Å². The fraction of sp³-hybridized carbons (Fsp3) is 0.292. The van der Waals surface area contributed by atoms with Gasteiger partial charge < -0.3 is 4.57 Å². The van der Waals surface area contributed by atoms with Crippen LogP contribution < -0.4 is 4.90 Å². The van der Waals surface area contributed by atoms with E-state index in [9.17, 15) is 4.79 Å². The zero-order chi connectivity index (χ0) is 22.7. The third-order valence-corrected chi connectivity index (χ3v) is 7.51. The van der Waals surface area contributed by atoms with Crippen LogP contribution in [0.25, 0.3) is 10.2 Å². The number of hydrogen-bond donors (Lipinski definition) is 0. The van der Waals surface area contributed by atoms with E-state index in [0.29, 0.717) is 27.5 Å². The molecule has 0 atom stereocenters. The van der Waals surface area contributed by atoms with Crippen LogP contribution in [0.15, 0.2) is 60.0 Å². The molecule has 8 heteroatoms. The molecule has 0 fully saturated rings. The Labute approximate surface area is 201 Å². The Morgan fingerprint density at radius 3 is 2.69 bits per heavy atom. The van der Waals surface area contributed by atoms with Crippen LogP contribution in [0.2, 0.25) is 5.02 Å². The van der Waals surface area contributed by atoms with Gasteiger partial charge in [0.05, 0.1) is 16.5 Å². The fourth-order valence-corrected chi connectivity index (χ4v) is 5.46. The van der Waals surface area contributed by atoms with E-state index in [1.165, 1.54) is 11.3 Å². The van der Waals surface area contributed by atoms with Crippen LogP contribution in [0.1, 0.15) is 36.2 Å². The number of thiazole rings is 1. The first-order valence-corrected chi connectivity index (χ1v) is 12.6. The van der Waals surface area contributed by atoms with E-state index < -0.39 is 0 Å². The monoisotopic (exact) mass is 484 g/mol. The first-order chi connectivity index (χ1) is 15.4. The molecule has 0 saturated carbocycles. The number of rotatable bonds is 8. The molecule has 5 nitrogen and oxygen atoms in total. The summed E-state index contributed by atoms with van der Waals surface area (Å²) in [6.45, 7) is 7.63. The Morgan fingerprint density at radius 2 is 2.00 bits per heavy atom. The number of carbonyl (C=O) groups excluding carboxylic acids is 1. The van der Waals surface area contributed by atoms with Crippen molar-refractivity contribution in [2.24, 2.45) is 0 Å². The second-order valence-corrected chi connectivity index (χ2v) is 10.9. The Morgan fingerprint density at radius 1 is 1.22 bits per heavy atom. The van der Waals surface area contributed by atoms with Crippen molar-refractivity contribution >= 4 is 56.0 Å². The summed E-state index contributed by atoms with van der Waals surface area (Å²) in [5.41, 5.74) is 2.45. The second-order valence-electron chi connectivity index (χ2n) is 7.82. The van der Waals surface area contributed by atoms with Gasteiger partial charge in [-0.25, -0.2) is 9.97 Å². The molecule has 0 radical (unpaired) electrons. The minimum Gasteiger partial charge on any atom is -0.337 e. The first-order valence-electron chi connectivity index (χ1n) is 10.5. The number of thioether (sulfide) groups is 1. The molecular formula is C24H25ClN4OS2. The van der Waals surface area contributed by atoms with Gasteiger partial charge >= 0.3 is 0 Å². The normalized spacial score (nSPS) is 11.4. The van der Waals surface area contributed by atoms with Gasteiger partial charge in [-0.15, -0.1) is 11.8 Å². The molecular weight excluding hydrogens is 460 g/mol. The molecule has 0 unspecified atom stereocenters. The van der Waals surface area contributed by atoms with Crippen molar-refractivity contribution in [2.45, 2.75) is 43.9 Å². The van der Waals surface area contributed by atoms with Crippen molar-refractivity contribution in [1.29, 1.82) is 0 Å². The number of nitrogens with zero attached hydrogens (tertiary/aromatic N) is 4. The van der Waals surface area contributed by atoms with E-state index in [0.717, 1.165) is 33.6 Å². The van der Waals surface area contributed by atoms with Crippen molar-refractivity contribution in [3.8, 4) is 0 Å². The number of carbonyl (C=O) groups is 1. The minimum absolute atomic E-state index is 0.0421. The fourth-order valence-electron chi connectivity index (χ4n) is 3.42. The molecule has 0 aliphatic heterocycles. The van der Waals surface area contributed by atoms with Crippen LogP contribution in [-0.2, 0) is 6.54 Å². The van der Waals surface area contributed by atoms with Gasteiger partial charge in [0.25, 0.3) is 5.91 Å². The van der Waals surface area contributed by atoms with E-state index in [4.69, 9.17) is 16.6 Å². The number of aromatic nitrogens is 3. The topological polar surface area (TPSA) is 51.0 Å². The molecule has 0 bridgehead atoms. The van der Waals surface area contributed by atoms with Gasteiger partial charge in [0.1, 0.15) is 0 Å². The maximum Gasteiger partial charge on any atom is 0.260 e. The van der Waals surface area contributed by atoms with Crippen LogP contribution in [0.4, 0.5) is 5.13 Å². The average Bonchev–Trinajstić information content (AvgIpc) is 3.44. The maximum atomic E-state index is 13.5. The lowest BCUT2D eigenvalue weighted by Gasteiger charge is -2.20. The zero-order valence-corrected chi connectivity index (χ0v) is 20.7. The molecule has 32 heavy (non-hydrogen) atoms. The molecule has 2 aromatic carbocycles. The summed E-state index contributed by atoms with van der Waals surface area (Å²) in [5.74, 6) is -0.0421. The van der Waals surface area contributed by atoms with Gasteiger partial charge in [-0.1, -0.05) is 36.8 Å². The highest BCUT2D eigenvalue weighted by molar-refractivity contribution is 7.99. The molecule has 166 valence electrons. The van der Waals surface area contributed by atoms with Gasteiger partial charge in [-0.05, 0) is 55.3 Å². The summed E-state index contributed by atoms with van der Waals surface area (Å²) < 4.78 is 3.04. The Balaban J connectivity index is 1.62. The molecule has 0 spiro atoms. The summed E-state index contributed by atoms with van der Waals surface area (Å²) >= 11 is 9.61. The number of imidazole rings is 1. The van der Waals surface area contributed by atoms with Gasteiger partial charge in [0.2, 0.25) is 0 Å². The number of fused-ring (bicyclic) bond motifs is 1. The quantitative estimate of drug-likeness (QED) is 0.261. The predicted octanol–water partition coefficient (Wildman–Crippen LogP) is 6.69. The highest BCUT2D eigenvalue weighted by Gasteiger charge is 2.22. The highest BCUT2D eigenvalue weighted by Crippen LogP contribution is 2.34. The molecule has 4 rings (SSSR count). The van der Waals surface area contributed by atoms with Crippen molar-refractivity contribution in [2.75, 3.05) is 11.4 Å². The maximum absolute atomic E-state index is 13.5. The van der Waals surface area contributed by atoms with E-state index in [1.54, 1.807) is 29.2 Å². The van der Waals surface area contributed by atoms with Gasteiger partial charge in [-0.2, -0.15) is 0 Å². The Kier molecular flexibility index (Phi) is 7.18. The number of anilines is 1. The second kappa shape index (κ2) is 10.1. The van der Waals surface area contributed by atoms with Crippen molar-refractivity contribution in [1.82, 2.24) is 14.5 Å². The standard InChI is InChI=1S/C24H25ClN4OS2/c1-16(2)31-19-7-5-18(6-8-19)23(30)29(13-4-12-28-14-11-26-15-28)24-27-22-17(3)20(25)9-10-21(22)32-24/h5-11,14-16H,4,12-13H2,1-3H3. The van der Waals surface area contributed by atoms with Gasteiger partial charge in [0.15, 0.2) is 5.13 Å². The molecule has 0 aliphatic carbocycles. The number of amides is 1. The lowest BCUT2D eigenvalue weighted by atomic mass is 10.2. The van der Waals surface area contributed by atoms with Gasteiger partial charge in [0, 0.05) is 46.2 Å². The number of hydrogen-bond acceptors (Lipinski definition) is 5. The van der Waals surface area contributed by atoms with Crippen molar-refractivity contribution in [3.63, 3.8) is 0 Å². The lowest BCUT2D eigenvalue weighted by molar-refractivity contribution is 0.0986. The van der Waals surface area contributed by atoms with E-state index in [1.807, 2.05) is 54.1 Å². The zero-order valence-electron chi connectivity index (χ0n) is 18.3.